The van der Waals surface area contributed by atoms with E-state index in [1.54, 1.807) is 6.07 Å². The van der Waals surface area contributed by atoms with E-state index in [9.17, 15) is 9.18 Å². The van der Waals surface area contributed by atoms with Crippen molar-refractivity contribution in [2.45, 2.75) is 0 Å². The maximum atomic E-state index is 13.2. The minimum Gasteiger partial charge on any atom is -0.360 e. The van der Waals surface area contributed by atoms with Crippen molar-refractivity contribution in [3.63, 3.8) is 0 Å². The van der Waals surface area contributed by atoms with Crippen molar-refractivity contribution in [2.24, 2.45) is 0 Å². The molecule has 0 aliphatic carbocycles. The molecule has 3 nitrogen and oxygen atoms in total. The fourth-order valence-corrected chi connectivity index (χ4v) is 3.17. The molecule has 2 heterocycles. The Balaban J connectivity index is 2.00. The molecule has 0 aliphatic heterocycles. The van der Waals surface area contributed by atoms with Gasteiger partial charge in [-0.25, -0.2) is 4.39 Å². The van der Waals surface area contributed by atoms with Gasteiger partial charge in [0.2, 0.25) is 0 Å². The Morgan fingerprint density at radius 3 is 2.85 bits per heavy atom. The number of halogens is 1. The second-order valence-corrected chi connectivity index (χ2v) is 5.48. The lowest BCUT2D eigenvalue weighted by Gasteiger charge is -1.99. The molecular weight excluding hydrogens is 275 g/mol. The molecule has 2 aromatic carbocycles. The number of hydrogen-bond acceptors (Lipinski definition) is 2. The van der Waals surface area contributed by atoms with Crippen LogP contribution >= 0.6 is 11.5 Å². The van der Waals surface area contributed by atoms with Crippen LogP contribution in [0.1, 0.15) is 0 Å². The largest absolute Gasteiger partial charge is 0.360 e. The first-order chi connectivity index (χ1) is 9.72. The van der Waals surface area contributed by atoms with Gasteiger partial charge in [0.05, 0.1) is 10.1 Å². The summed E-state index contributed by atoms with van der Waals surface area (Å²) >= 11 is 1.33. The summed E-state index contributed by atoms with van der Waals surface area (Å²) in [6.45, 7) is 0. The Morgan fingerprint density at radius 1 is 1.05 bits per heavy atom. The molecule has 0 saturated heterocycles. The van der Waals surface area contributed by atoms with Crippen LogP contribution in [0.15, 0.2) is 47.4 Å². The molecule has 4 rings (SSSR count). The normalized spacial score (nSPS) is 11.4. The summed E-state index contributed by atoms with van der Waals surface area (Å²) in [5.74, 6) is -0.268. The number of aromatic nitrogens is 2. The van der Waals surface area contributed by atoms with Gasteiger partial charge in [0.25, 0.3) is 5.56 Å². The van der Waals surface area contributed by atoms with E-state index in [4.69, 9.17) is 0 Å². The zero-order valence-corrected chi connectivity index (χ0v) is 11.1. The van der Waals surface area contributed by atoms with Gasteiger partial charge in [0, 0.05) is 22.7 Å². The molecule has 98 valence electrons. The first-order valence-corrected chi connectivity index (χ1v) is 6.92. The third-order valence-electron chi connectivity index (χ3n) is 3.43. The van der Waals surface area contributed by atoms with Crippen molar-refractivity contribution in [1.29, 1.82) is 0 Å². The highest BCUT2D eigenvalue weighted by Gasteiger charge is 2.09. The lowest BCUT2D eigenvalue weighted by molar-refractivity contribution is 0.629. The average molecular weight is 284 g/mol. The smallest absolute Gasteiger partial charge is 0.265 e. The van der Waals surface area contributed by atoms with E-state index in [1.807, 2.05) is 24.4 Å². The van der Waals surface area contributed by atoms with Crippen LogP contribution in [0.3, 0.4) is 0 Å². The Morgan fingerprint density at radius 2 is 1.95 bits per heavy atom. The highest BCUT2D eigenvalue weighted by molar-refractivity contribution is 7.13. The molecule has 0 unspecified atom stereocenters. The van der Waals surface area contributed by atoms with Crippen LogP contribution in [-0.4, -0.2) is 9.36 Å². The fraction of sp³-hybridized carbons (Fsp3) is 0. The lowest BCUT2D eigenvalue weighted by Crippen LogP contribution is -1.95. The predicted octanol–water partition coefficient (Wildman–Crippen LogP) is 3.88. The minimum absolute atomic E-state index is 0.0715. The fourth-order valence-electron chi connectivity index (χ4n) is 2.46. The van der Waals surface area contributed by atoms with E-state index < -0.39 is 0 Å². The molecule has 0 spiro atoms. The maximum Gasteiger partial charge on any atom is 0.265 e. The Bertz CT molecular complexity index is 996. The van der Waals surface area contributed by atoms with Gasteiger partial charge in [-0.3, -0.25) is 9.17 Å². The average Bonchev–Trinajstić information content (AvgIpc) is 3.02. The summed E-state index contributed by atoms with van der Waals surface area (Å²) < 4.78 is 16.9. The number of benzene rings is 2. The van der Waals surface area contributed by atoms with Gasteiger partial charge in [-0.2, -0.15) is 0 Å². The zero-order valence-electron chi connectivity index (χ0n) is 10.2. The van der Waals surface area contributed by atoms with Crippen LogP contribution < -0.4 is 5.56 Å². The van der Waals surface area contributed by atoms with Gasteiger partial charge in [-0.1, -0.05) is 17.6 Å². The quantitative estimate of drug-likeness (QED) is 0.547. The SMILES string of the molecule is O=c1[nH]sc2ccc(-c3c[nH]c4cc(F)ccc34)cc12. The van der Waals surface area contributed by atoms with Crippen LogP contribution in [0.2, 0.25) is 0 Å². The molecule has 0 fully saturated rings. The maximum absolute atomic E-state index is 13.2. The van der Waals surface area contributed by atoms with Gasteiger partial charge >= 0.3 is 0 Å². The van der Waals surface area contributed by atoms with E-state index in [0.717, 1.165) is 26.7 Å². The number of rotatable bonds is 1. The van der Waals surface area contributed by atoms with Gasteiger partial charge in [-0.15, -0.1) is 0 Å². The summed E-state index contributed by atoms with van der Waals surface area (Å²) in [7, 11) is 0. The van der Waals surface area contributed by atoms with Crippen molar-refractivity contribution >= 4 is 32.5 Å². The molecule has 4 aromatic rings. The second-order valence-electron chi connectivity index (χ2n) is 4.64. The summed E-state index contributed by atoms with van der Waals surface area (Å²) in [5.41, 5.74) is 2.59. The van der Waals surface area contributed by atoms with Crippen LogP contribution in [0.5, 0.6) is 0 Å². The molecule has 0 radical (unpaired) electrons. The van der Waals surface area contributed by atoms with Gasteiger partial charge in [0.15, 0.2) is 0 Å². The number of H-pyrrole nitrogens is 2. The van der Waals surface area contributed by atoms with Crippen molar-refractivity contribution in [3.8, 4) is 11.1 Å². The van der Waals surface area contributed by atoms with Gasteiger partial charge in [-0.05, 0) is 35.9 Å². The third-order valence-corrected chi connectivity index (χ3v) is 4.30. The highest BCUT2D eigenvalue weighted by atomic mass is 32.1. The first-order valence-electron chi connectivity index (χ1n) is 6.10. The highest BCUT2D eigenvalue weighted by Crippen LogP contribution is 2.30. The van der Waals surface area contributed by atoms with Crippen LogP contribution in [0.4, 0.5) is 4.39 Å². The predicted molar refractivity (Wildman–Crippen MR) is 79.7 cm³/mol. The van der Waals surface area contributed by atoms with Crippen molar-refractivity contribution in [2.75, 3.05) is 0 Å². The molecule has 0 aliphatic rings. The Kier molecular flexibility index (Phi) is 2.31. The topological polar surface area (TPSA) is 48.6 Å². The zero-order chi connectivity index (χ0) is 13.7. The summed E-state index contributed by atoms with van der Waals surface area (Å²) in [6, 6.07) is 10.4. The van der Waals surface area contributed by atoms with E-state index in [2.05, 4.69) is 9.36 Å². The van der Waals surface area contributed by atoms with Crippen molar-refractivity contribution in [3.05, 3.63) is 58.8 Å². The molecule has 2 N–H and O–H groups in total. The van der Waals surface area contributed by atoms with Crippen molar-refractivity contribution in [1.82, 2.24) is 9.36 Å². The van der Waals surface area contributed by atoms with Gasteiger partial charge < -0.3 is 4.98 Å². The monoisotopic (exact) mass is 284 g/mol. The van der Waals surface area contributed by atoms with Crippen LogP contribution in [-0.2, 0) is 0 Å². The van der Waals surface area contributed by atoms with E-state index in [0.29, 0.717) is 5.39 Å². The summed E-state index contributed by atoms with van der Waals surface area (Å²) in [5, 5.41) is 1.63. The third kappa shape index (κ3) is 1.60. The molecule has 20 heavy (non-hydrogen) atoms. The molecule has 0 bridgehead atoms. The summed E-state index contributed by atoms with van der Waals surface area (Å²) in [6.07, 6.45) is 1.84. The number of fused-ring (bicyclic) bond motifs is 2. The van der Waals surface area contributed by atoms with E-state index in [-0.39, 0.29) is 11.4 Å². The van der Waals surface area contributed by atoms with E-state index in [1.165, 1.54) is 23.7 Å². The molecule has 0 saturated carbocycles. The van der Waals surface area contributed by atoms with Gasteiger partial charge in [0.1, 0.15) is 5.82 Å². The van der Waals surface area contributed by atoms with Crippen molar-refractivity contribution < 1.29 is 4.39 Å². The molecule has 0 amide bonds. The van der Waals surface area contributed by atoms with Crippen LogP contribution in [0, 0.1) is 5.82 Å². The first kappa shape index (κ1) is 11.4. The Hall–Kier alpha value is -2.40. The number of nitrogens with one attached hydrogen (secondary N) is 2. The lowest BCUT2D eigenvalue weighted by atomic mass is 10.0. The Labute approximate surface area is 116 Å². The molecule has 5 heteroatoms. The standard InChI is InChI=1S/C15H9FN2OS/c16-9-2-3-10-12(7-17-13(10)6-9)8-1-4-14-11(5-8)15(19)18-20-14/h1-7,17H,(H,18,19). The van der Waals surface area contributed by atoms with Crippen LogP contribution in [0.25, 0.3) is 32.1 Å². The summed E-state index contributed by atoms with van der Waals surface area (Å²) in [4.78, 5) is 14.8. The second kappa shape index (κ2) is 4.05. The number of aromatic amines is 2. The molecule has 2 aromatic heterocycles. The molecular formula is C15H9FN2OS. The van der Waals surface area contributed by atoms with E-state index >= 15 is 0 Å². The molecule has 0 atom stereocenters. The minimum atomic E-state index is -0.268. The number of hydrogen-bond donors (Lipinski definition) is 2.